The molecule has 0 aromatic rings. The molecule has 86 valence electrons. The topological polar surface area (TPSA) is 57.6 Å². The molecule has 1 unspecified atom stereocenters. The Labute approximate surface area is 90.3 Å². The highest BCUT2D eigenvalue weighted by Crippen LogP contribution is 2.21. The van der Waals surface area contributed by atoms with Gasteiger partial charge < -0.3 is 10.0 Å². The number of carbonyl (C=O) groups excluding carboxylic acids is 1. The molecule has 0 spiro atoms. The minimum Gasteiger partial charge on any atom is -0.481 e. The maximum atomic E-state index is 11.7. The van der Waals surface area contributed by atoms with Crippen molar-refractivity contribution >= 4 is 11.9 Å². The molecular weight excluding hydrogens is 194 g/mol. The molecule has 1 N–H and O–H groups in total. The molecule has 1 saturated heterocycles. The largest absolute Gasteiger partial charge is 0.481 e. The van der Waals surface area contributed by atoms with E-state index in [1.165, 1.54) is 0 Å². The maximum Gasteiger partial charge on any atom is 0.305 e. The molecule has 0 radical (unpaired) electrons. The SMILES string of the molecule is CCCCC(=O)N1CCCC1CC(=O)O. The number of hydrogen-bond donors (Lipinski definition) is 1. The Balaban J connectivity index is 2.44. The van der Waals surface area contributed by atoms with E-state index in [4.69, 9.17) is 5.11 Å². The van der Waals surface area contributed by atoms with Crippen LogP contribution in [0, 0.1) is 0 Å². The van der Waals surface area contributed by atoms with Crippen molar-refractivity contribution < 1.29 is 14.7 Å². The van der Waals surface area contributed by atoms with Crippen molar-refractivity contribution in [3.63, 3.8) is 0 Å². The Bertz CT molecular complexity index is 240. The quantitative estimate of drug-likeness (QED) is 0.755. The second kappa shape index (κ2) is 5.73. The van der Waals surface area contributed by atoms with Crippen LogP contribution in [0.1, 0.15) is 45.4 Å². The second-order valence-electron chi connectivity index (χ2n) is 4.08. The van der Waals surface area contributed by atoms with E-state index < -0.39 is 5.97 Å². The van der Waals surface area contributed by atoms with E-state index in [0.29, 0.717) is 6.42 Å². The van der Waals surface area contributed by atoms with Gasteiger partial charge in [0.15, 0.2) is 0 Å². The summed E-state index contributed by atoms with van der Waals surface area (Å²) in [5.74, 6) is -0.684. The Hall–Kier alpha value is -1.06. The van der Waals surface area contributed by atoms with Crippen molar-refractivity contribution in [2.24, 2.45) is 0 Å². The molecule has 4 heteroatoms. The van der Waals surface area contributed by atoms with Crippen molar-refractivity contribution in [2.75, 3.05) is 6.54 Å². The molecule has 4 nitrogen and oxygen atoms in total. The fourth-order valence-corrected chi connectivity index (χ4v) is 2.05. The standard InChI is InChI=1S/C11H19NO3/c1-2-3-6-10(13)12-7-4-5-9(12)8-11(14)15/h9H,2-8H2,1H3,(H,14,15). The molecule has 1 fully saturated rings. The third kappa shape index (κ3) is 3.53. The summed E-state index contributed by atoms with van der Waals surface area (Å²) in [5, 5.41) is 8.71. The minimum atomic E-state index is -0.810. The highest BCUT2D eigenvalue weighted by Gasteiger charge is 2.29. The molecule has 1 aliphatic rings. The van der Waals surface area contributed by atoms with Crippen molar-refractivity contribution in [1.82, 2.24) is 4.90 Å². The lowest BCUT2D eigenvalue weighted by Gasteiger charge is -2.23. The first-order chi connectivity index (χ1) is 7.15. The fourth-order valence-electron chi connectivity index (χ4n) is 2.05. The Morgan fingerprint density at radius 2 is 2.20 bits per heavy atom. The summed E-state index contributed by atoms with van der Waals surface area (Å²) in [4.78, 5) is 24.1. The van der Waals surface area contributed by atoms with E-state index in [1.807, 2.05) is 6.92 Å². The Morgan fingerprint density at radius 1 is 1.47 bits per heavy atom. The van der Waals surface area contributed by atoms with Gasteiger partial charge in [-0.05, 0) is 19.3 Å². The molecule has 1 rings (SSSR count). The molecular formula is C11H19NO3. The number of carboxylic acid groups (broad SMARTS) is 1. The summed E-state index contributed by atoms with van der Waals surface area (Å²) >= 11 is 0. The zero-order valence-electron chi connectivity index (χ0n) is 9.24. The van der Waals surface area contributed by atoms with Crippen LogP contribution in [0.4, 0.5) is 0 Å². The zero-order valence-corrected chi connectivity index (χ0v) is 9.24. The monoisotopic (exact) mass is 213 g/mol. The number of hydrogen-bond acceptors (Lipinski definition) is 2. The van der Waals surface area contributed by atoms with Crippen molar-refractivity contribution in [3.05, 3.63) is 0 Å². The fraction of sp³-hybridized carbons (Fsp3) is 0.818. The Morgan fingerprint density at radius 3 is 2.80 bits per heavy atom. The first kappa shape index (κ1) is 12.0. The lowest BCUT2D eigenvalue weighted by molar-refractivity contribution is -0.139. The van der Waals surface area contributed by atoms with Crippen LogP contribution in [0.5, 0.6) is 0 Å². The molecule has 0 aromatic heterocycles. The second-order valence-corrected chi connectivity index (χ2v) is 4.08. The molecule has 1 atom stereocenters. The number of aliphatic carboxylic acids is 1. The van der Waals surface area contributed by atoms with Crippen LogP contribution in [0.3, 0.4) is 0 Å². The van der Waals surface area contributed by atoms with E-state index in [0.717, 1.165) is 32.2 Å². The number of carbonyl (C=O) groups is 2. The summed E-state index contributed by atoms with van der Waals surface area (Å²) in [7, 11) is 0. The normalized spacial score (nSPS) is 20.6. The van der Waals surface area contributed by atoms with Gasteiger partial charge in [0.05, 0.1) is 6.42 Å². The van der Waals surface area contributed by atoms with Gasteiger partial charge >= 0.3 is 5.97 Å². The molecule has 0 saturated carbocycles. The van der Waals surface area contributed by atoms with Gasteiger partial charge in [0.1, 0.15) is 0 Å². The number of rotatable bonds is 5. The van der Waals surface area contributed by atoms with Crippen LogP contribution < -0.4 is 0 Å². The van der Waals surface area contributed by atoms with Gasteiger partial charge in [-0.1, -0.05) is 13.3 Å². The molecule has 1 aliphatic heterocycles. The molecule has 15 heavy (non-hydrogen) atoms. The van der Waals surface area contributed by atoms with Crippen LogP contribution in [-0.2, 0) is 9.59 Å². The predicted octanol–water partition coefficient (Wildman–Crippen LogP) is 1.64. The van der Waals surface area contributed by atoms with Gasteiger partial charge in [-0.15, -0.1) is 0 Å². The third-order valence-corrected chi connectivity index (χ3v) is 2.85. The average Bonchev–Trinajstić information content (AvgIpc) is 2.61. The molecule has 0 aliphatic carbocycles. The molecule has 1 heterocycles. The van der Waals surface area contributed by atoms with Gasteiger partial charge in [-0.25, -0.2) is 0 Å². The smallest absolute Gasteiger partial charge is 0.305 e. The van der Waals surface area contributed by atoms with Crippen LogP contribution >= 0.6 is 0 Å². The van der Waals surface area contributed by atoms with Gasteiger partial charge in [0.2, 0.25) is 5.91 Å². The zero-order chi connectivity index (χ0) is 11.3. The van der Waals surface area contributed by atoms with Gasteiger partial charge in [-0.2, -0.15) is 0 Å². The van der Waals surface area contributed by atoms with E-state index >= 15 is 0 Å². The summed E-state index contributed by atoms with van der Waals surface area (Å²) in [6.45, 7) is 2.78. The van der Waals surface area contributed by atoms with E-state index in [-0.39, 0.29) is 18.4 Å². The number of amides is 1. The third-order valence-electron chi connectivity index (χ3n) is 2.85. The lowest BCUT2D eigenvalue weighted by Crippen LogP contribution is -2.36. The molecule has 1 amide bonds. The van der Waals surface area contributed by atoms with Crippen molar-refractivity contribution in [3.8, 4) is 0 Å². The highest BCUT2D eigenvalue weighted by molar-refractivity contribution is 5.78. The van der Waals surface area contributed by atoms with E-state index in [2.05, 4.69) is 0 Å². The number of likely N-dealkylation sites (tertiary alicyclic amines) is 1. The summed E-state index contributed by atoms with van der Waals surface area (Å²) < 4.78 is 0. The van der Waals surface area contributed by atoms with E-state index in [1.54, 1.807) is 4.90 Å². The summed E-state index contributed by atoms with van der Waals surface area (Å²) in [6, 6.07) is -0.0631. The first-order valence-corrected chi connectivity index (χ1v) is 5.66. The summed E-state index contributed by atoms with van der Waals surface area (Å²) in [6.07, 6.45) is 4.34. The maximum absolute atomic E-state index is 11.7. The summed E-state index contributed by atoms with van der Waals surface area (Å²) in [5.41, 5.74) is 0. The van der Waals surface area contributed by atoms with Gasteiger partial charge in [0, 0.05) is 19.0 Å². The van der Waals surface area contributed by atoms with Crippen LogP contribution in [0.2, 0.25) is 0 Å². The van der Waals surface area contributed by atoms with Crippen LogP contribution in [0.15, 0.2) is 0 Å². The number of carboxylic acids is 1. The number of unbranched alkanes of at least 4 members (excludes halogenated alkanes) is 1. The minimum absolute atomic E-state index is 0.0631. The van der Waals surface area contributed by atoms with Crippen LogP contribution in [-0.4, -0.2) is 34.5 Å². The highest BCUT2D eigenvalue weighted by atomic mass is 16.4. The average molecular weight is 213 g/mol. The van der Waals surface area contributed by atoms with E-state index in [9.17, 15) is 9.59 Å². The predicted molar refractivity (Wildman–Crippen MR) is 56.5 cm³/mol. The van der Waals surface area contributed by atoms with Crippen LogP contribution in [0.25, 0.3) is 0 Å². The lowest BCUT2D eigenvalue weighted by atomic mass is 10.1. The van der Waals surface area contributed by atoms with Crippen molar-refractivity contribution in [2.45, 2.75) is 51.5 Å². The van der Waals surface area contributed by atoms with Gasteiger partial charge in [0.25, 0.3) is 0 Å². The van der Waals surface area contributed by atoms with Gasteiger partial charge in [-0.3, -0.25) is 9.59 Å². The first-order valence-electron chi connectivity index (χ1n) is 5.66. The molecule has 0 aromatic carbocycles. The number of nitrogens with zero attached hydrogens (tertiary/aromatic N) is 1. The Kier molecular flexibility index (Phi) is 4.59. The molecule has 0 bridgehead atoms. The van der Waals surface area contributed by atoms with Crippen molar-refractivity contribution in [1.29, 1.82) is 0 Å².